The largest absolute Gasteiger partial charge is 0.335 e. The Morgan fingerprint density at radius 3 is 2.58 bits per heavy atom. The highest BCUT2D eigenvalue weighted by molar-refractivity contribution is 6.07. The maximum absolute atomic E-state index is 13.7. The standard InChI is InChI=1S/C16H16FNO/c1-3-11-18(4-2)16(19)14-9-10-15(17)13-8-6-5-7-12(13)14/h3,5-10H,1,4,11H2,2H3. The number of amides is 1. The van der Waals surface area contributed by atoms with Crippen LogP contribution in [-0.4, -0.2) is 23.9 Å². The summed E-state index contributed by atoms with van der Waals surface area (Å²) in [5, 5.41) is 1.12. The van der Waals surface area contributed by atoms with Crippen molar-refractivity contribution in [2.75, 3.05) is 13.1 Å². The van der Waals surface area contributed by atoms with Gasteiger partial charge in [-0.3, -0.25) is 4.79 Å². The summed E-state index contributed by atoms with van der Waals surface area (Å²) in [4.78, 5) is 14.1. The van der Waals surface area contributed by atoms with E-state index in [1.165, 1.54) is 6.07 Å². The number of hydrogen-bond acceptors (Lipinski definition) is 1. The molecule has 0 atom stereocenters. The minimum Gasteiger partial charge on any atom is -0.335 e. The van der Waals surface area contributed by atoms with E-state index in [1.807, 2.05) is 13.0 Å². The van der Waals surface area contributed by atoms with E-state index >= 15 is 0 Å². The number of carbonyl (C=O) groups excluding carboxylic acids is 1. The lowest BCUT2D eigenvalue weighted by molar-refractivity contribution is 0.0784. The van der Waals surface area contributed by atoms with Crippen molar-refractivity contribution in [2.24, 2.45) is 0 Å². The summed E-state index contributed by atoms with van der Waals surface area (Å²) in [6.45, 7) is 6.64. The highest BCUT2D eigenvalue weighted by Gasteiger charge is 2.16. The number of benzene rings is 2. The minimum absolute atomic E-state index is 0.0985. The maximum Gasteiger partial charge on any atom is 0.254 e. The van der Waals surface area contributed by atoms with Gasteiger partial charge in [-0.2, -0.15) is 0 Å². The number of rotatable bonds is 4. The molecule has 0 aliphatic rings. The van der Waals surface area contributed by atoms with Crippen molar-refractivity contribution in [3.8, 4) is 0 Å². The average molecular weight is 257 g/mol. The van der Waals surface area contributed by atoms with Crippen LogP contribution in [0.3, 0.4) is 0 Å². The van der Waals surface area contributed by atoms with Crippen LogP contribution in [0.2, 0.25) is 0 Å². The lowest BCUT2D eigenvalue weighted by Gasteiger charge is -2.20. The second-order valence-electron chi connectivity index (χ2n) is 4.27. The minimum atomic E-state index is -0.307. The van der Waals surface area contributed by atoms with Crippen LogP contribution in [-0.2, 0) is 0 Å². The van der Waals surface area contributed by atoms with Crippen molar-refractivity contribution < 1.29 is 9.18 Å². The zero-order valence-corrected chi connectivity index (χ0v) is 10.9. The molecular formula is C16H16FNO. The van der Waals surface area contributed by atoms with Gasteiger partial charge in [0.05, 0.1) is 0 Å². The molecular weight excluding hydrogens is 241 g/mol. The first-order valence-electron chi connectivity index (χ1n) is 6.26. The van der Waals surface area contributed by atoms with Crippen LogP contribution in [0.25, 0.3) is 10.8 Å². The molecule has 0 N–H and O–H groups in total. The van der Waals surface area contributed by atoms with Crippen LogP contribution < -0.4 is 0 Å². The van der Waals surface area contributed by atoms with E-state index in [9.17, 15) is 9.18 Å². The van der Waals surface area contributed by atoms with Gasteiger partial charge in [-0.25, -0.2) is 4.39 Å². The van der Waals surface area contributed by atoms with Gasteiger partial charge in [-0.05, 0) is 24.4 Å². The second-order valence-corrected chi connectivity index (χ2v) is 4.27. The van der Waals surface area contributed by atoms with Gasteiger partial charge >= 0.3 is 0 Å². The fourth-order valence-corrected chi connectivity index (χ4v) is 2.13. The molecule has 0 heterocycles. The molecule has 2 nitrogen and oxygen atoms in total. The van der Waals surface area contributed by atoms with E-state index in [2.05, 4.69) is 6.58 Å². The Kier molecular flexibility index (Phi) is 3.95. The first-order valence-corrected chi connectivity index (χ1v) is 6.26. The zero-order chi connectivity index (χ0) is 13.8. The van der Waals surface area contributed by atoms with Crippen LogP contribution in [0.5, 0.6) is 0 Å². The third kappa shape index (κ3) is 2.50. The van der Waals surface area contributed by atoms with Crippen LogP contribution in [0.15, 0.2) is 49.1 Å². The lowest BCUT2D eigenvalue weighted by atomic mass is 10.0. The fraction of sp³-hybridized carbons (Fsp3) is 0.188. The molecule has 0 spiro atoms. The summed E-state index contributed by atoms with van der Waals surface area (Å²) >= 11 is 0. The van der Waals surface area contributed by atoms with Gasteiger partial charge in [0.1, 0.15) is 5.82 Å². The quantitative estimate of drug-likeness (QED) is 0.766. The predicted octanol–water partition coefficient (Wildman–Crippen LogP) is 3.63. The Morgan fingerprint density at radius 2 is 1.95 bits per heavy atom. The molecule has 3 heteroatoms. The number of nitrogens with zero attached hydrogens (tertiary/aromatic N) is 1. The number of carbonyl (C=O) groups is 1. The van der Waals surface area contributed by atoms with E-state index in [-0.39, 0.29) is 11.7 Å². The third-order valence-electron chi connectivity index (χ3n) is 3.12. The lowest BCUT2D eigenvalue weighted by Crippen LogP contribution is -2.31. The first-order chi connectivity index (χ1) is 9.19. The molecule has 2 rings (SSSR count). The molecule has 1 amide bonds. The molecule has 0 aromatic heterocycles. The van der Waals surface area contributed by atoms with Gasteiger partial charge < -0.3 is 4.90 Å². The van der Waals surface area contributed by atoms with Gasteiger partial charge in [0.25, 0.3) is 5.91 Å². The molecule has 0 saturated carbocycles. The molecule has 98 valence electrons. The van der Waals surface area contributed by atoms with E-state index in [4.69, 9.17) is 0 Å². The molecule has 0 radical (unpaired) electrons. The predicted molar refractivity (Wildman–Crippen MR) is 75.7 cm³/mol. The van der Waals surface area contributed by atoms with E-state index < -0.39 is 0 Å². The molecule has 2 aromatic carbocycles. The molecule has 0 bridgehead atoms. The third-order valence-corrected chi connectivity index (χ3v) is 3.12. The number of likely N-dealkylation sites (N-methyl/N-ethyl adjacent to an activating group) is 1. The normalized spacial score (nSPS) is 10.4. The Hall–Kier alpha value is -2.16. The molecule has 0 fully saturated rings. The van der Waals surface area contributed by atoms with E-state index in [1.54, 1.807) is 35.2 Å². The summed E-state index contributed by atoms with van der Waals surface area (Å²) in [6.07, 6.45) is 1.69. The first kappa shape index (κ1) is 13.3. The monoisotopic (exact) mass is 257 g/mol. The van der Waals surface area contributed by atoms with E-state index in [0.29, 0.717) is 29.4 Å². The van der Waals surface area contributed by atoms with Gasteiger partial charge in [-0.15, -0.1) is 6.58 Å². The van der Waals surface area contributed by atoms with Crippen molar-refractivity contribution in [1.29, 1.82) is 0 Å². The van der Waals surface area contributed by atoms with Crippen molar-refractivity contribution in [1.82, 2.24) is 4.90 Å². The van der Waals surface area contributed by atoms with Crippen LogP contribution >= 0.6 is 0 Å². The summed E-state index contributed by atoms with van der Waals surface area (Å²) < 4.78 is 13.7. The van der Waals surface area contributed by atoms with E-state index in [0.717, 1.165) is 0 Å². The number of fused-ring (bicyclic) bond motifs is 1. The zero-order valence-electron chi connectivity index (χ0n) is 10.9. The molecule has 0 aliphatic carbocycles. The summed E-state index contributed by atoms with van der Waals surface area (Å²) in [5.41, 5.74) is 0.528. The number of halogens is 1. The fourth-order valence-electron chi connectivity index (χ4n) is 2.13. The van der Waals surface area contributed by atoms with Gasteiger partial charge in [-0.1, -0.05) is 30.3 Å². The molecule has 0 aliphatic heterocycles. The topological polar surface area (TPSA) is 20.3 Å². The van der Waals surface area contributed by atoms with Crippen molar-refractivity contribution in [3.63, 3.8) is 0 Å². The molecule has 19 heavy (non-hydrogen) atoms. The Balaban J connectivity index is 2.53. The smallest absolute Gasteiger partial charge is 0.254 e. The van der Waals surface area contributed by atoms with Gasteiger partial charge in [0.2, 0.25) is 0 Å². The highest BCUT2D eigenvalue weighted by atomic mass is 19.1. The van der Waals surface area contributed by atoms with Crippen molar-refractivity contribution in [2.45, 2.75) is 6.92 Å². The average Bonchev–Trinajstić information content (AvgIpc) is 2.45. The second kappa shape index (κ2) is 5.65. The molecule has 0 saturated heterocycles. The number of hydrogen-bond donors (Lipinski definition) is 0. The van der Waals surface area contributed by atoms with Crippen molar-refractivity contribution in [3.05, 3.63) is 60.4 Å². The van der Waals surface area contributed by atoms with Crippen LogP contribution in [0, 0.1) is 5.82 Å². The Bertz CT molecular complexity index is 621. The molecule has 2 aromatic rings. The van der Waals surface area contributed by atoms with Crippen LogP contribution in [0.1, 0.15) is 17.3 Å². The van der Waals surface area contributed by atoms with Crippen LogP contribution in [0.4, 0.5) is 4.39 Å². The van der Waals surface area contributed by atoms with Crippen molar-refractivity contribution >= 4 is 16.7 Å². The Labute approximate surface area is 112 Å². The highest BCUT2D eigenvalue weighted by Crippen LogP contribution is 2.23. The SMILES string of the molecule is C=CCN(CC)C(=O)c1ccc(F)c2ccccc12. The summed E-state index contributed by atoms with van der Waals surface area (Å²) in [5.74, 6) is -0.405. The summed E-state index contributed by atoms with van der Waals surface area (Å²) in [7, 11) is 0. The maximum atomic E-state index is 13.7. The Morgan fingerprint density at radius 1 is 1.26 bits per heavy atom. The van der Waals surface area contributed by atoms with Gasteiger partial charge in [0.15, 0.2) is 0 Å². The molecule has 0 unspecified atom stereocenters. The summed E-state index contributed by atoms with van der Waals surface area (Å²) in [6, 6.07) is 9.92. The van der Waals surface area contributed by atoms with Gasteiger partial charge in [0, 0.05) is 24.0 Å².